The fraction of sp³-hybridized carbons (Fsp3) is 0.0909. The van der Waals surface area contributed by atoms with Gasteiger partial charge in [0.05, 0.1) is 6.26 Å². The third kappa shape index (κ3) is 1.54. The summed E-state index contributed by atoms with van der Waals surface area (Å²) in [4.78, 5) is 0. The molecule has 2 heteroatoms. The van der Waals surface area contributed by atoms with Gasteiger partial charge in [-0.2, -0.15) is 0 Å². The van der Waals surface area contributed by atoms with Crippen LogP contribution in [-0.2, 0) is 0 Å². The van der Waals surface area contributed by atoms with Gasteiger partial charge in [-0.1, -0.05) is 28.6 Å². The molecule has 1 aromatic heterocycles. The molecule has 0 aliphatic carbocycles. The van der Waals surface area contributed by atoms with Crippen molar-refractivity contribution in [3.8, 4) is 0 Å². The van der Waals surface area contributed by atoms with Gasteiger partial charge < -0.3 is 4.42 Å². The second-order valence-electron chi connectivity index (χ2n) is 2.91. The lowest BCUT2D eigenvalue weighted by molar-refractivity contribution is 0.616. The van der Waals surface area contributed by atoms with Gasteiger partial charge in [-0.05, 0) is 29.3 Å². The molecule has 0 fully saturated rings. The first-order valence-electron chi connectivity index (χ1n) is 4.02. The molecule has 0 spiro atoms. The summed E-state index contributed by atoms with van der Waals surface area (Å²) in [5.41, 5.74) is 3.17. The van der Waals surface area contributed by atoms with Crippen LogP contribution in [0.15, 0.2) is 41.5 Å². The maximum absolute atomic E-state index is 5.24. The molecule has 66 valence electrons. The Morgan fingerprint density at radius 2 is 2.23 bits per heavy atom. The summed E-state index contributed by atoms with van der Waals surface area (Å²) >= 11 is 3.38. The van der Waals surface area contributed by atoms with E-state index >= 15 is 0 Å². The van der Waals surface area contributed by atoms with Gasteiger partial charge in [-0.15, -0.1) is 0 Å². The fourth-order valence-electron chi connectivity index (χ4n) is 1.26. The highest BCUT2D eigenvalue weighted by molar-refractivity contribution is 9.09. The average Bonchev–Trinajstić information content (AvgIpc) is 2.63. The maximum atomic E-state index is 5.24. The van der Waals surface area contributed by atoms with Crippen LogP contribution in [0.5, 0.6) is 0 Å². The van der Waals surface area contributed by atoms with Crippen LogP contribution < -0.4 is 0 Å². The van der Waals surface area contributed by atoms with Gasteiger partial charge in [-0.25, -0.2) is 0 Å². The van der Waals surface area contributed by atoms with Crippen molar-refractivity contribution in [2.75, 3.05) is 5.33 Å². The Labute approximate surface area is 85.2 Å². The van der Waals surface area contributed by atoms with Gasteiger partial charge in [0.15, 0.2) is 0 Å². The second kappa shape index (κ2) is 3.38. The lowest BCUT2D eigenvalue weighted by Gasteiger charge is -2.00. The largest absolute Gasteiger partial charge is 0.464 e. The van der Waals surface area contributed by atoms with E-state index < -0.39 is 0 Å². The van der Waals surface area contributed by atoms with Gasteiger partial charge in [-0.3, -0.25) is 0 Å². The standard InChI is InChI=1S/C11H9BrO/c1-8(7-12)9-2-3-11-10(6-9)4-5-13-11/h2-6H,1,7H2. The molecule has 1 aromatic carbocycles. The molecule has 0 N–H and O–H groups in total. The van der Waals surface area contributed by atoms with E-state index in [2.05, 4.69) is 28.6 Å². The summed E-state index contributed by atoms with van der Waals surface area (Å²) in [5.74, 6) is 0. The van der Waals surface area contributed by atoms with Gasteiger partial charge in [0.2, 0.25) is 0 Å². The van der Waals surface area contributed by atoms with Crippen LogP contribution in [-0.4, -0.2) is 5.33 Å². The Balaban J connectivity index is 2.54. The summed E-state index contributed by atoms with van der Waals surface area (Å²) in [6.45, 7) is 3.96. The number of fused-ring (bicyclic) bond motifs is 1. The average molecular weight is 237 g/mol. The Morgan fingerprint density at radius 3 is 3.00 bits per heavy atom. The minimum absolute atomic E-state index is 0.802. The van der Waals surface area contributed by atoms with E-state index in [-0.39, 0.29) is 0 Å². The summed E-state index contributed by atoms with van der Waals surface area (Å²) in [6, 6.07) is 8.04. The fourth-order valence-corrected chi connectivity index (χ4v) is 1.59. The van der Waals surface area contributed by atoms with Crippen LogP contribution in [0.3, 0.4) is 0 Å². The van der Waals surface area contributed by atoms with E-state index in [0.29, 0.717) is 0 Å². The zero-order chi connectivity index (χ0) is 9.26. The Bertz CT molecular complexity index is 442. The summed E-state index contributed by atoms with van der Waals surface area (Å²) in [6.07, 6.45) is 1.70. The normalized spacial score (nSPS) is 10.5. The first-order valence-corrected chi connectivity index (χ1v) is 5.15. The van der Waals surface area contributed by atoms with Gasteiger partial charge in [0, 0.05) is 10.7 Å². The van der Waals surface area contributed by atoms with Crippen LogP contribution in [0.2, 0.25) is 0 Å². The highest BCUT2D eigenvalue weighted by Crippen LogP contribution is 2.21. The minimum atomic E-state index is 0.802. The van der Waals surface area contributed by atoms with Gasteiger partial charge in [0.1, 0.15) is 5.58 Å². The maximum Gasteiger partial charge on any atom is 0.133 e. The SMILES string of the molecule is C=C(CBr)c1ccc2occc2c1. The number of alkyl halides is 1. The molecule has 0 radical (unpaired) electrons. The van der Waals surface area contributed by atoms with Crippen molar-refractivity contribution < 1.29 is 4.42 Å². The third-order valence-corrected chi connectivity index (χ3v) is 2.70. The molecule has 1 nitrogen and oxygen atoms in total. The molecule has 1 heterocycles. The molecule has 0 unspecified atom stereocenters. The van der Waals surface area contributed by atoms with E-state index in [1.807, 2.05) is 18.2 Å². The molecular weight excluding hydrogens is 228 g/mol. The lowest BCUT2D eigenvalue weighted by atomic mass is 10.1. The van der Waals surface area contributed by atoms with E-state index in [9.17, 15) is 0 Å². The first-order chi connectivity index (χ1) is 6.31. The molecule has 0 saturated heterocycles. The van der Waals surface area contributed by atoms with Crippen LogP contribution in [0.1, 0.15) is 5.56 Å². The number of benzene rings is 1. The van der Waals surface area contributed by atoms with E-state index in [4.69, 9.17) is 4.42 Å². The lowest BCUT2D eigenvalue weighted by Crippen LogP contribution is -1.81. The van der Waals surface area contributed by atoms with Crippen molar-refractivity contribution in [1.29, 1.82) is 0 Å². The summed E-state index contributed by atoms with van der Waals surface area (Å²) in [5, 5.41) is 1.93. The van der Waals surface area contributed by atoms with Crippen molar-refractivity contribution in [1.82, 2.24) is 0 Å². The highest BCUT2D eigenvalue weighted by atomic mass is 79.9. The van der Waals surface area contributed by atoms with Gasteiger partial charge >= 0.3 is 0 Å². The molecule has 0 aliphatic rings. The van der Waals surface area contributed by atoms with Crippen molar-refractivity contribution >= 4 is 32.5 Å². The predicted octanol–water partition coefficient (Wildman–Crippen LogP) is 3.84. The number of furan rings is 1. The number of halogens is 1. The number of allylic oxidation sites excluding steroid dienone is 1. The molecule has 0 amide bonds. The first kappa shape index (κ1) is 8.57. The summed E-state index contributed by atoms with van der Waals surface area (Å²) in [7, 11) is 0. The molecule has 13 heavy (non-hydrogen) atoms. The molecule has 0 aliphatic heterocycles. The van der Waals surface area contributed by atoms with Crippen molar-refractivity contribution in [2.24, 2.45) is 0 Å². The Kier molecular flexibility index (Phi) is 2.23. The van der Waals surface area contributed by atoms with Crippen LogP contribution >= 0.6 is 15.9 Å². The number of hydrogen-bond acceptors (Lipinski definition) is 1. The molecule has 2 aromatic rings. The van der Waals surface area contributed by atoms with Crippen molar-refractivity contribution in [3.63, 3.8) is 0 Å². The van der Waals surface area contributed by atoms with E-state index in [1.165, 1.54) is 0 Å². The predicted molar refractivity (Wildman–Crippen MR) is 59.0 cm³/mol. The minimum Gasteiger partial charge on any atom is -0.464 e. The van der Waals surface area contributed by atoms with E-state index in [1.54, 1.807) is 6.26 Å². The topological polar surface area (TPSA) is 13.1 Å². The molecule has 2 rings (SSSR count). The Hall–Kier alpha value is -1.02. The van der Waals surface area contributed by atoms with Crippen LogP contribution in [0, 0.1) is 0 Å². The third-order valence-electron chi connectivity index (χ3n) is 2.02. The highest BCUT2D eigenvalue weighted by Gasteiger charge is 2.00. The zero-order valence-electron chi connectivity index (χ0n) is 7.09. The molecule has 0 atom stereocenters. The van der Waals surface area contributed by atoms with E-state index in [0.717, 1.165) is 27.4 Å². The van der Waals surface area contributed by atoms with Crippen molar-refractivity contribution in [3.05, 3.63) is 42.7 Å². The summed E-state index contributed by atoms with van der Waals surface area (Å²) < 4.78 is 5.24. The monoisotopic (exact) mass is 236 g/mol. The smallest absolute Gasteiger partial charge is 0.133 e. The van der Waals surface area contributed by atoms with Crippen LogP contribution in [0.25, 0.3) is 16.5 Å². The molecule has 0 bridgehead atoms. The molecular formula is C11H9BrO. The second-order valence-corrected chi connectivity index (χ2v) is 3.47. The van der Waals surface area contributed by atoms with Gasteiger partial charge in [0.25, 0.3) is 0 Å². The quantitative estimate of drug-likeness (QED) is 0.723. The molecule has 0 saturated carbocycles. The number of rotatable bonds is 2. The zero-order valence-corrected chi connectivity index (χ0v) is 8.67. The van der Waals surface area contributed by atoms with Crippen molar-refractivity contribution in [2.45, 2.75) is 0 Å². The Morgan fingerprint density at radius 1 is 1.38 bits per heavy atom. The number of hydrogen-bond donors (Lipinski definition) is 0. The van der Waals surface area contributed by atoms with Crippen LogP contribution in [0.4, 0.5) is 0 Å².